The molecule has 0 amide bonds. The molecule has 1 aliphatic carbocycles. The maximum atomic E-state index is 5.42. The SMILES string of the molecule is COC1C=CC23C=CC=CN2c2ncc(S)n2C3=C1. The smallest absolute Gasteiger partial charge is 0.216 e. The monoisotopic (exact) mass is 271 g/mol. The number of anilines is 1. The van der Waals surface area contributed by atoms with Gasteiger partial charge in [0.2, 0.25) is 5.95 Å². The van der Waals surface area contributed by atoms with Gasteiger partial charge in [-0.1, -0.05) is 12.2 Å². The number of rotatable bonds is 1. The molecule has 19 heavy (non-hydrogen) atoms. The molecule has 4 rings (SSSR count). The summed E-state index contributed by atoms with van der Waals surface area (Å²) in [5.74, 6) is 0.887. The Kier molecular flexibility index (Phi) is 2.14. The van der Waals surface area contributed by atoms with Gasteiger partial charge in [0.25, 0.3) is 0 Å². The average Bonchev–Trinajstić information content (AvgIpc) is 2.94. The van der Waals surface area contributed by atoms with Crippen molar-refractivity contribution in [1.29, 1.82) is 0 Å². The van der Waals surface area contributed by atoms with Gasteiger partial charge < -0.3 is 4.74 Å². The van der Waals surface area contributed by atoms with Gasteiger partial charge in [0.05, 0.1) is 23.0 Å². The predicted octanol–water partition coefficient (Wildman–Crippen LogP) is 2.24. The van der Waals surface area contributed by atoms with Crippen molar-refractivity contribution in [3.05, 3.63) is 48.9 Å². The molecule has 2 unspecified atom stereocenters. The van der Waals surface area contributed by atoms with Gasteiger partial charge in [-0.2, -0.15) is 0 Å². The molecular formula is C14H13N3OS. The molecule has 96 valence electrons. The van der Waals surface area contributed by atoms with Crippen LogP contribution in [0, 0.1) is 0 Å². The van der Waals surface area contributed by atoms with Gasteiger partial charge in [-0.25, -0.2) is 4.98 Å². The lowest BCUT2D eigenvalue weighted by Crippen LogP contribution is -2.42. The summed E-state index contributed by atoms with van der Waals surface area (Å²) in [6, 6.07) is 0. The number of fused-ring (bicyclic) bond motifs is 3. The molecule has 1 aromatic rings. The highest BCUT2D eigenvalue weighted by molar-refractivity contribution is 7.80. The largest absolute Gasteiger partial charge is 0.373 e. The summed E-state index contributed by atoms with van der Waals surface area (Å²) in [4.78, 5) is 6.62. The van der Waals surface area contributed by atoms with Crippen LogP contribution in [-0.2, 0) is 4.74 Å². The Hall–Kier alpha value is -1.72. The van der Waals surface area contributed by atoms with Crippen LogP contribution >= 0.6 is 12.6 Å². The first-order valence-electron chi connectivity index (χ1n) is 6.13. The number of ether oxygens (including phenoxy) is 1. The Morgan fingerprint density at radius 2 is 2.26 bits per heavy atom. The van der Waals surface area contributed by atoms with Crippen LogP contribution in [-0.4, -0.2) is 28.3 Å². The molecule has 0 fully saturated rings. The fourth-order valence-corrected chi connectivity index (χ4v) is 3.18. The zero-order chi connectivity index (χ0) is 13.0. The van der Waals surface area contributed by atoms with Crippen LogP contribution in [0.3, 0.4) is 0 Å². The summed E-state index contributed by atoms with van der Waals surface area (Å²) < 4.78 is 7.49. The molecule has 1 aromatic heterocycles. The highest BCUT2D eigenvalue weighted by Gasteiger charge is 2.48. The minimum absolute atomic E-state index is 0.0112. The molecule has 0 bridgehead atoms. The molecule has 3 aliphatic rings. The van der Waals surface area contributed by atoms with Crippen LogP contribution < -0.4 is 4.90 Å². The third-order valence-electron chi connectivity index (χ3n) is 3.82. The van der Waals surface area contributed by atoms with Gasteiger partial charge in [-0.15, -0.1) is 12.6 Å². The van der Waals surface area contributed by atoms with E-state index in [0.717, 1.165) is 16.7 Å². The van der Waals surface area contributed by atoms with Crippen LogP contribution in [0.1, 0.15) is 0 Å². The molecule has 2 aliphatic heterocycles. The molecule has 0 N–H and O–H groups in total. The number of allylic oxidation sites excluding steroid dienone is 2. The van der Waals surface area contributed by atoms with Crippen molar-refractivity contribution >= 4 is 24.3 Å². The van der Waals surface area contributed by atoms with Crippen LogP contribution in [0.25, 0.3) is 5.70 Å². The number of hydrogen-bond donors (Lipinski definition) is 1. The summed E-state index contributed by atoms with van der Waals surface area (Å²) in [6.45, 7) is 0. The Morgan fingerprint density at radius 1 is 1.37 bits per heavy atom. The van der Waals surface area contributed by atoms with E-state index in [9.17, 15) is 0 Å². The van der Waals surface area contributed by atoms with Crippen LogP contribution in [0.2, 0.25) is 0 Å². The van der Waals surface area contributed by atoms with Crippen LogP contribution in [0.5, 0.6) is 0 Å². The zero-order valence-corrected chi connectivity index (χ0v) is 11.3. The van der Waals surface area contributed by atoms with Crippen molar-refractivity contribution in [2.45, 2.75) is 16.7 Å². The Balaban J connectivity index is 1.99. The van der Waals surface area contributed by atoms with Gasteiger partial charge in [-0.3, -0.25) is 9.47 Å². The molecule has 2 atom stereocenters. The molecule has 0 saturated heterocycles. The maximum Gasteiger partial charge on any atom is 0.216 e. The van der Waals surface area contributed by atoms with Gasteiger partial charge in [0, 0.05) is 13.3 Å². The normalized spacial score (nSPS) is 30.1. The zero-order valence-electron chi connectivity index (χ0n) is 10.4. The number of methoxy groups -OCH3 is 1. The van der Waals surface area contributed by atoms with E-state index in [1.54, 1.807) is 13.3 Å². The van der Waals surface area contributed by atoms with E-state index in [2.05, 4.69) is 57.5 Å². The lowest BCUT2D eigenvalue weighted by molar-refractivity contribution is 0.176. The summed E-state index contributed by atoms with van der Waals surface area (Å²) in [5.41, 5.74) is 0.838. The highest BCUT2D eigenvalue weighted by atomic mass is 32.1. The Bertz CT molecular complexity index is 670. The minimum atomic E-state index is -0.287. The van der Waals surface area contributed by atoms with Crippen molar-refractivity contribution in [3.8, 4) is 0 Å². The first-order valence-corrected chi connectivity index (χ1v) is 6.58. The van der Waals surface area contributed by atoms with Gasteiger partial charge in [-0.05, 0) is 24.3 Å². The van der Waals surface area contributed by atoms with Gasteiger partial charge in [0.15, 0.2) is 0 Å². The van der Waals surface area contributed by atoms with Crippen molar-refractivity contribution < 1.29 is 4.74 Å². The van der Waals surface area contributed by atoms with E-state index in [1.807, 2.05) is 12.3 Å². The van der Waals surface area contributed by atoms with Gasteiger partial charge >= 0.3 is 0 Å². The minimum Gasteiger partial charge on any atom is -0.373 e. The standard InChI is InChI=1S/C14H13N3OS/c1-18-10-4-6-14-5-2-3-7-16(14)13-15-9-12(19)17(13)11(14)8-10/h2-10,19H,1H3. The third-order valence-corrected chi connectivity index (χ3v) is 4.14. The fraction of sp³-hybridized carbons (Fsp3) is 0.214. The van der Waals surface area contributed by atoms with E-state index in [-0.39, 0.29) is 11.6 Å². The van der Waals surface area contributed by atoms with E-state index >= 15 is 0 Å². The second-order valence-electron chi connectivity index (χ2n) is 4.76. The summed E-state index contributed by atoms with van der Waals surface area (Å²) in [6.07, 6.45) is 16.4. The van der Waals surface area contributed by atoms with Crippen LogP contribution in [0.4, 0.5) is 5.95 Å². The number of thiol groups is 1. The number of hydrogen-bond acceptors (Lipinski definition) is 4. The molecular weight excluding hydrogens is 258 g/mol. The fourth-order valence-electron chi connectivity index (χ4n) is 2.92. The Labute approximate surface area is 116 Å². The van der Waals surface area contributed by atoms with E-state index in [0.29, 0.717) is 0 Å². The topological polar surface area (TPSA) is 30.3 Å². The molecule has 4 nitrogen and oxygen atoms in total. The summed E-state index contributed by atoms with van der Waals surface area (Å²) in [5, 5.41) is 0.835. The van der Waals surface area contributed by atoms with E-state index < -0.39 is 0 Å². The number of nitrogens with zero attached hydrogens (tertiary/aromatic N) is 3. The van der Waals surface area contributed by atoms with Gasteiger partial charge in [0.1, 0.15) is 5.54 Å². The molecule has 1 spiro atoms. The average molecular weight is 271 g/mol. The summed E-state index contributed by atoms with van der Waals surface area (Å²) in [7, 11) is 1.71. The Morgan fingerprint density at radius 3 is 3.11 bits per heavy atom. The van der Waals surface area contributed by atoms with Crippen molar-refractivity contribution in [2.24, 2.45) is 0 Å². The lowest BCUT2D eigenvalue weighted by atomic mass is 9.87. The van der Waals surface area contributed by atoms with E-state index in [4.69, 9.17) is 4.74 Å². The first-order chi connectivity index (χ1) is 9.26. The quantitative estimate of drug-likeness (QED) is 0.627. The summed E-state index contributed by atoms with van der Waals surface area (Å²) >= 11 is 4.51. The van der Waals surface area contributed by atoms with Crippen molar-refractivity contribution in [1.82, 2.24) is 9.55 Å². The number of aromatic nitrogens is 2. The van der Waals surface area contributed by atoms with E-state index in [1.165, 1.54) is 0 Å². The van der Waals surface area contributed by atoms with Crippen LogP contribution in [0.15, 0.2) is 53.9 Å². The molecule has 3 heterocycles. The number of imidazole rings is 1. The molecule has 0 saturated carbocycles. The van der Waals surface area contributed by atoms with Crippen molar-refractivity contribution in [2.75, 3.05) is 12.0 Å². The van der Waals surface area contributed by atoms with Crippen molar-refractivity contribution in [3.63, 3.8) is 0 Å². The first kappa shape index (κ1) is 11.1. The predicted molar refractivity (Wildman–Crippen MR) is 77.2 cm³/mol. The second-order valence-corrected chi connectivity index (χ2v) is 5.22. The lowest BCUT2D eigenvalue weighted by Gasteiger charge is -2.36. The molecule has 0 radical (unpaired) electrons. The maximum absolute atomic E-state index is 5.42. The highest BCUT2D eigenvalue weighted by Crippen LogP contribution is 2.48. The molecule has 5 heteroatoms. The second kappa shape index (κ2) is 3.65. The third kappa shape index (κ3) is 1.26. The molecule has 0 aromatic carbocycles.